The van der Waals surface area contributed by atoms with Crippen molar-refractivity contribution in [1.29, 1.82) is 0 Å². The van der Waals surface area contributed by atoms with Gasteiger partial charge in [-0.15, -0.1) is 0 Å². The molecule has 2 atom stereocenters. The zero-order valence-electron chi connectivity index (χ0n) is 17.6. The highest BCUT2D eigenvalue weighted by molar-refractivity contribution is 5.78. The van der Waals surface area contributed by atoms with Crippen molar-refractivity contribution in [2.24, 2.45) is 11.3 Å². The predicted octanol–water partition coefficient (Wildman–Crippen LogP) is 5.19. The summed E-state index contributed by atoms with van der Waals surface area (Å²) in [7, 11) is 0. The molecule has 0 amide bonds. The fourth-order valence-electron chi connectivity index (χ4n) is 3.79. The molecule has 1 fully saturated rings. The van der Waals surface area contributed by atoms with Crippen molar-refractivity contribution in [2.45, 2.75) is 66.1 Å². The van der Waals surface area contributed by atoms with Crippen molar-refractivity contribution in [2.75, 3.05) is 6.61 Å². The zero-order chi connectivity index (χ0) is 20.1. The molecule has 0 radical (unpaired) electrons. The van der Waals surface area contributed by atoms with E-state index >= 15 is 0 Å². The maximum absolute atomic E-state index is 12.6. The van der Waals surface area contributed by atoms with E-state index in [1.807, 2.05) is 6.20 Å². The number of hydrogen-bond donors (Lipinski definition) is 1. The highest BCUT2D eigenvalue weighted by Crippen LogP contribution is 2.54. The van der Waals surface area contributed by atoms with Crippen LogP contribution in [0.3, 0.4) is 0 Å². The first-order valence-corrected chi connectivity index (χ1v) is 10.4. The van der Waals surface area contributed by atoms with Crippen LogP contribution in [-0.2, 0) is 27.3 Å². The standard InChI is InChI=1S/C24H33NO3/c1-5-6-7-14-27-22-21(24(22,3)4)23(26)28-16-20-19(12-13-25-20)15-18-10-8-17(2)9-11-18/h8-13,21-22,25H,5-7,14-16H2,1-4H3. The first-order valence-electron chi connectivity index (χ1n) is 10.4. The Bertz CT molecular complexity index is 775. The summed E-state index contributed by atoms with van der Waals surface area (Å²) in [5.41, 5.74) is 4.50. The molecule has 28 heavy (non-hydrogen) atoms. The molecule has 2 aromatic rings. The molecule has 0 saturated heterocycles. The molecule has 2 unspecified atom stereocenters. The normalized spacial score (nSPS) is 20.1. The van der Waals surface area contributed by atoms with Crippen LogP contribution in [0.15, 0.2) is 36.5 Å². The van der Waals surface area contributed by atoms with Gasteiger partial charge >= 0.3 is 5.97 Å². The molecule has 152 valence electrons. The van der Waals surface area contributed by atoms with Crippen LogP contribution in [0.2, 0.25) is 0 Å². The summed E-state index contributed by atoms with van der Waals surface area (Å²) in [4.78, 5) is 15.8. The van der Waals surface area contributed by atoms with Gasteiger partial charge in [0.25, 0.3) is 0 Å². The van der Waals surface area contributed by atoms with Crippen LogP contribution in [-0.4, -0.2) is 23.7 Å². The van der Waals surface area contributed by atoms with Gasteiger partial charge in [-0.3, -0.25) is 4.79 Å². The molecule has 1 aromatic carbocycles. The second-order valence-electron chi connectivity index (χ2n) is 8.55. The summed E-state index contributed by atoms with van der Waals surface area (Å²) in [6.45, 7) is 9.44. The number of unbranched alkanes of at least 4 members (excludes halogenated alkanes) is 2. The average molecular weight is 384 g/mol. The van der Waals surface area contributed by atoms with Crippen molar-refractivity contribution in [3.05, 3.63) is 58.9 Å². The number of aromatic nitrogens is 1. The topological polar surface area (TPSA) is 51.3 Å². The van der Waals surface area contributed by atoms with E-state index in [2.05, 4.69) is 63.0 Å². The van der Waals surface area contributed by atoms with Gasteiger partial charge in [-0.25, -0.2) is 0 Å². The number of rotatable bonds is 10. The molecule has 0 bridgehead atoms. The number of benzene rings is 1. The van der Waals surface area contributed by atoms with Gasteiger partial charge in [-0.05, 0) is 37.0 Å². The van der Waals surface area contributed by atoms with Crippen LogP contribution in [0.1, 0.15) is 62.4 Å². The lowest BCUT2D eigenvalue weighted by Crippen LogP contribution is -2.12. The van der Waals surface area contributed by atoms with Gasteiger partial charge in [0.05, 0.1) is 17.7 Å². The SMILES string of the molecule is CCCCCOC1C(C(=O)OCc2[nH]ccc2Cc2ccc(C)cc2)C1(C)C. The molecule has 1 aromatic heterocycles. The van der Waals surface area contributed by atoms with E-state index in [1.165, 1.54) is 29.5 Å². The van der Waals surface area contributed by atoms with Crippen molar-refractivity contribution >= 4 is 5.97 Å². The Labute approximate surface area is 168 Å². The smallest absolute Gasteiger partial charge is 0.312 e. The Hall–Kier alpha value is -2.07. The third-order valence-corrected chi connectivity index (χ3v) is 5.83. The number of nitrogens with one attached hydrogen (secondary N) is 1. The van der Waals surface area contributed by atoms with Crippen LogP contribution >= 0.6 is 0 Å². The largest absolute Gasteiger partial charge is 0.459 e. The number of ether oxygens (including phenoxy) is 2. The highest BCUT2D eigenvalue weighted by Gasteiger charge is 2.64. The van der Waals surface area contributed by atoms with Crippen molar-refractivity contribution in [1.82, 2.24) is 4.98 Å². The Morgan fingerprint density at radius 3 is 2.61 bits per heavy atom. The lowest BCUT2D eigenvalue weighted by Gasteiger charge is -2.08. The lowest BCUT2D eigenvalue weighted by atomic mass is 10.0. The molecule has 4 heteroatoms. The van der Waals surface area contributed by atoms with Gasteiger partial charge in [0.1, 0.15) is 6.61 Å². The molecule has 1 aliphatic carbocycles. The Morgan fingerprint density at radius 2 is 1.89 bits per heavy atom. The Balaban J connectivity index is 1.51. The molecule has 1 aliphatic rings. The number of esters is 1. The fourth-order valence-corrected chi connectivity index (χ4v) is 3.79. The molecule has 0 spiro atoms. The number of carbonyl (C=O) groups is 1. The van der Waals surface area contributed by atoms with E-state index in [4.69, 9.17) is 9.47 Å². The van der Waals surface area contributed by atoms with Crippen molar-refractivity contribution in [3.8, 4) is 0 Å². The monoisotopic (exact) mass is 383 g/mol. The lowest BCUT2D eigenvalue weighted by molar-refractivity contribution is -0.148. The van der Waals surface area contributed by atoms with E-state index in [9.17, 15) is 4.79 Å². The summed E-state index contributed by atoms with van der Waals surface area (Å²) < 4.78 is 11.6. The van der Waals surface area contributed by atoms with Gasteiger partial charge in [-0.1, -0.05) is 63.4 Å². The molecule has 3 rings (SSSR count). The first-order chi connectivity index (χ1) is 13.4. The highest BCUT2D eigenvalue weighted by atomic mass is 16.5. The third kappa shape index (κ3) is 4.85. The maximum atomic E-state index is 12.6. The summed E-state index contributed by atoms with van der Waals surface area (Å²) in [5.74, 6) is -0.314. The second-order valence-corrected chi connectivity index (χ2v) is 8.55. The molecule has 1 heterocycles. The van der Waals surface area contributed by atoms with Crippen LogP contribution in [0.4, 0.5) is 0 Å². The minimum absolute atomic E-state index is 0.0208. The number of hydrogen-bond acceptors (Lipinski definition) is 3. The molecular formula is C24H33NO3. The van der Waals surface area contributed by atoms with Gasteiger partial charge in [0, 0.05) is 18.2 Å². The number of aryl methyl sites for hydroxylation is 1. The fraction of sp³-hybridized carbons (Fsp3) is 0.542. The first kappa shape index (κ1) is 20.7. The molecule has 1 N–H and O–H groups in total. The molecule has 4 nitrogen and oxygen atoms in total. The Kier molecular flexibility index (Phi) is 6.61. The molecule has 1 saturated carbocycles. The van der Waals surface area contributed by atoms with Gasteiger partial charge in [0.2, 0.25) is 0 Å². The third-order valence-electron chi connectivity index (χ3n) is 5.83. The Morgan fingerprint density at radius 1 is 1.14 bits per heavy atom. The van der Waals surface area contributed by atoms with Crippen molar-refractivity contribution in [3.63, 3.8) is 0 Å². The minimum atomic E-state index is -0.162. The number of H-pyrrole nitrogens is 1. The zero-order valence-corrected chi connectivity index (χ0v) is 17.6. The van der Waals surface area contributed by atoms with Crippen LogP contribution in [0, 0.1) is 18.3 Å². The predicted molar refractivity (Wildman–Crippen MR) is 111 cm³/mol. The summed E-state index contributed by atoms with van der Waals surface area (Å²) in [6.07, 6.45) is 6.10. The summed E-state index contributed by atoms with van der Waals surface area (Å²) in [6, 6.07) is 10.6. The average Bonchev–Trinajstić information content (AvgIpc) is 2.99. The molecule has 0 aliphatic heterocycles. The van der Waals surface area contributed by atoms with Gasteiger partial charge in [0.15, 0.2) is 0 Å². The van der Waals surface area contributed by atoms with Gasteiger partial charge < -0.3 is 14.5 Å². The van der Waals surface area contributed by atoms with E-state index in [0.29, 0.717) is 0 Å². The van der Waals surface area contributed by atoms with Crippen LogP contribution < -0.4 is 0 Å². The maximum Gasteiger partial charge on any atom is 0.312 e. The van der Waals surface area contributed by atoms with E-state index in [-0.39, 0.29) is 30.0 Å². The minimum Gasteiger partial charge on any atom is -0.459 e. The summed E-state index contributed by atoms with van der Waals surface area (Å²) in [5, 5.41) is 0. The van der Waals surface area contributed by atoms with Crippen molar-refractivity contribution < 1.29 is 14.3 Å². The number of aromatic amines is 1. The van der Waals surface area contributed by atoms with Crippen LogP contribution in [0.5, 0.6) is 0 Å². The number of carbonyl (C=O) groups excluding carboxylic acids is 1. The molecular weight excluding hydrogens is 350 g/mol. The quantitative estimate of drug-likeness (QED) is 0.454. The van der Waals surface area contributed by atoms with Gasteiger partial charge in [-0.2, -0.15) is 0 Å². The second kappa shape index (κ2) is 8.95. The van der Waals surface area contributed by atoms with E-state index in [1.54, 1.807) is 0 Å². The summed E-state index contributed by atoms with van der Waals surface area (Å²) >= 11 is 0. The van der Waals surface area contributed by atoms with Crippen LogP contribution in [0.25, 0.3) is 0 Å². The van der Waals surface area contributed by atoms with E-state index in [0.717, 1.165) is 25.1 Å². The van der Waals surface area contributed by atoms with E-state index < -0.39 is 0 Å².